The molecule has 2 heterocycles. The van der Waals surface area contributed by atoms with Gasteiger partial charge in [-0.3, -0.25) is 9.59 Å². The van der Waals surface area contributed by atoms with Crippen LogP contribution in [0.15, 0.2) is 29.1 Å². The number of fused-ring (bicyclic) bond motifs is 1. The molecule has 158 valence electrons. The first-order valence-corrected chi connectivity index (χ1v) is 10.6. The summed E-state index contributed by atoms with van der Waals surface area (Å²) in [5.74, 6) is 1.98. The Balaban J connectivity index is 1.46. The Hall–Kier alpha value is -2.34. The molecule has 1 fully saturated rings. The average molecular weight is 400 g/mol. The quantitative estimate of drug-likeness (QED) is 0.716. The van der Waals surface area contributed by atoms with E-state index in [4.69, 9.17) is 4.74 Å². The SMILES string of the molecule is COc1ccc2cc(CCC(=O)NCC3CCN(CC(C)C)CC3)c(=O)[nH]c2c1. The maximum atomic E-state index is 12.3. The molecule has 1 aromatic carbocycles. The van der Waals surface area contributed by atoms with E-state index in [-0.39, 0.29) is 11.5 Å². The number of pyridine rings is 1. The number of hydrogen-bond donors (Lipinski definition) is 2. The third-order valence-corrected chi connectivity index (χ3v) is 5.67. The van der Waals surface area contributed by atoms with Gasteiger partial charge < -0.3 is 19.9 Å². The smallest absolute Gasteiger partial charge is 0.251 e. The number of methoxy groups -OCH3 is 1. The molecule has 29 heavy (non-hydrogen) atoms. The van der Waals surface area contributed by atoms with Crippen molar-refractivity contribution in [3.05, 3.63) is 40.2 Å². The summed E-state index contributed by atoms with van der Waals surface area (Å²) in [7, 11) is 1.60. The standard InChI is InChI=1S/C23H33N3O3/c1-16(2)15-26-10-8-17(9-11-26)14-24-22(27)7-5-19-12-18-4-6-20(29-3)13-21(18)25-23(19)28/h4,6,12-13,16-17H,5,7-11,14-15H2,1-3H3,(H,24,27)(H,25,28). The molecular formula is C23H33N3O3. The number of piperidine rings is 1. The van der Waals surface area contributed by atoms with E-state index in [9.17, 15) is 9.59 Å². The van der Waals surface area contributed by atoms with Gasteiger partial charge in [0, 0.05) is 31.1 Å². The van der Waals surface area contributed by atoms with Crippen molar-refractivity contribution in [3.63, 3.8) is 0 Å². The van der Waals surface area contributed by atoms with Gasteiger partial charge in [0.2, 0.25) is 5.91 Å². The Labute approximate surface area is 172 Å². The number of aryl methyl sites for hydroxylation is 1. The van der Waals surface area contributed by atoms with Gasteiger partial charge in [0.25, 0.3) is 5.56 Å². The van der Waals surface area contributed by atoms with Gasteiger partial charge in [-0.25, -0.2) is 0 Å². The molecule has 2 N–H and O–H groups in total. The van der Waals surface area contributed by atoms with E-state index >= 15 is 0 Å². The molecule has 0 unspecified atom stereocenters. The minimum atomic E-state index is -0.143. The van der Waals surface area contributed by atoms with Crippen molar-refractivity contribution in [1.29, 1.82) is 0 Å². The lowest BCUT2D eigenvalue weighted by Crippen LogP contribution is -2.40. The molecule has 2 aromatic rings. The molecule has 0 bridgehead atoms. The third kappa shape index (κ3) is 6.07. The molecule has 6 nitrogen and oxygen atoms in total. The fraction of sp³-hybridized carbons (Fsp3) is 0.565. The Kier molecular flexibility index (Phi) is 7.31. The Morgan fingerprint density at radius 2 is 2.03 bits per heavy atom. The number of amides is 1. The molecule has 0 radical (unpaired) electrons. The zero-order valence-electron chi connectivity index (χ0n) is 17.8. The van der Waals surface area contributed by atoms with Gasteiger partial charge in [-0.15, -0.1) is 0 Å². The van der Waals surface area contributed by atoms with Crippen LogP contribution in [-0.4, -0.2) is 49.1 Å². The second kappa shape index (κ2) is 9.92. The molecule has 0 saturated carbocycles. The molecule has 1 saturated heterocycles. The highest BCUT2D eigenvalue weighted by Crippen LogP contribution is 2.19. The van der Waals surface area contributed by atoms with Crippen molar-refractivity contribution >= 4 is 16.8 Å². The van der Waals surface area contributed by atoms with Gasteiger partial charge in [-0.1, -0.05) is 13.8 Å². The van der Waals surface area contributed by atoms with Gasteiger partial charge in [0.05, 0.1) is 12.6 Å². The largest absolute Gasteiger partial charge is 0.497 e. The number of likely N-dealkylation sites (tertiary alicyclic amines) is 1. The molecule has 0 aliphatic carbocycles. The molecule has 6 heteroatoms. The summed E-state index contributed by atoms with van der Waals surface area (Å²) in [6.45, 7) is 8.65. The average Bonchev–Trinajstić information content (AvgIpc) is 2.70. The topological polar surface area (TPSA) is 74.4 Å². The van der Waals surface area contributed by atoms with Gasteiger partial charge in [0.1, 0.15) is 5.75 Å². The van der Waals surface area contributed by atoms with Crippen LogP contribution in [0.5, 0.6) is 5.75 Å². The minimum absolute atomic E-state index is 0.0174. The van der Waals surface area contributed by atoms with Crippen molar-refractivity contribution in [2.45, 2.75) is 39.5 Å². The van der Waals surface area contributed by atoms with Crippen LogP contribution in [0, 0.1) is 11.8 Å². The number of carbonyl (C=O) groups excluding carboxylic acids is 1. The van der Waals surface area contributed by atoms with Gasteiger partial charge in [0.15, 0.2) is 0 Å². The number of benzene rings is 1. The van der Waals surface area contributed by atoms with Crippen molar-refractivity contribution in [3.8, 4) is 5.75 Å². The first kappa shape index (κ1) is 21.4. The first-order chi connectivity index (χ1) is 13.9. The van der Waals surface area contributed by atoms with Crippen molar-refractivity contribution in [1.82, 2.24) is 15.2 Å². The zero-order chi connectivity index (χ0) is 20.8. The molecule has 0 atom stereocenters. The van der Waals surface area contributed by atoms with E-state index < -0.39 is 0 Å². The first-order valence-electron chi connectivity index (χ1n) is 10.6. The van der Waals surface area contributed by atoms with Crippen LogP contribution >= 0.6 is 0 Å². The second-order valence-corrected chi connectivity index (χ2v) is 8.52. The van der Waals surface area contributed by atoms with Crippen molar-refractivity contribution in [2.24, 2.45) is 11.8 Å². The highest BCUT2D eigenvalue weighted by atomic mass is 16.5. The summed E-state index contributed by atoms with van der Waals surface area (Å²) < 4.78 is 5.19. The van der Waals surface area contributed by atoms with E-state index in [2.05, 4.69) is 29.0 Å². The minimum Gasteiger partial charge on any atom is -0.497 e. The highest BCUT2D eigenvalue weighted by molar-refractivity contribution is 5.81. The normalized spacial score (nSPS) is 15.7. The van der Waals surface area contributed by atoms with Gasteiger partial charge >= 0.3 is 0 Å². The summed E-state index contributed by atoms with van der Waals surface area (Å²) in [5.41, 5.74) is 1.24. The lowest BCUT2D eigenvalue weighted by Gasteiger charge is -2.33. The summed E-state index contributed by atoms with van der Waals surface area (Å²) in [5, 5.41) is 4.00. The number of nitrogens with one attached hydrogen (secondary N) is 2. The molecule has 0 spiro atoms. The van der Waals surface area contributed by atoms with E-state index in [1.54, 1.807) is 13.2 Å². The van der Waals surface area contributed by atoms with Crippen LogP contribution in [0.1, 0.15) is 38.7 Å². The number of carbonyl (C=O) groups is 1. The van der Waals surface area contributed by atoms with Gasteiger partial charge in [-0.05, 0) is 67.8 Å². The van der Waals surface area contributed by atoms with Crippen LogP contribution < -0.4 is 15.6 Å². The van der Waals surface area contributed by atoms with Crippen LogP contribution in [0.2, 0.25) is 0 Å². The lowest BCUT2D eigenvalue weighted by molar-refractivity contribution is -0.121. The maximum Gasteiger partial charge on any atom is 0.251 e. The van der Waals surface area contributed by atoms with Crippen LogP contribution in [0.4, 0.5) is 0 Å². The Morgan fingerprint density at radius 1 is 1.28 bits per heavy atom. The number of H-pyrrole nitrogens is 1. The Morgan fingerprint density at radius 3 is 2.72 bits per heavy atom. The van der Waals surface area contributed by atoms with Crippen LogP contribution in [0.25, 0.3) is 10.9 Å². The van der Waals surface area contributed by atoms with E-state index in [1.807, 2.05) is 18.2 Å². The third-order valence-electron chi connectivity index (χ3n) is 5.67. The fourth-order valence-corrected chi connectivity index (χ4v) is 4.02. The molecule has 1 aliphatic rings. The van der Waals surface area contributed by atoms with Crippen LogP contribution in [-0.2, 0) is 11.2 Å². The Bertz CT molecular complexity index is 883. The summed E-state index contributed by atoms with van der Waals surface area (Å²) >= 11 is 0. The summed E-state index contributed by atoms with van der Waals surface area (Å²) in [6.07, 6.45) is 3.05. The van der Waals surface area contributed by atoms with E-state index in [1.165, 1.54) is 0 Å². The van der Waals surface area contributed by atoms with E-state index in [0.717, 1.165) is 49.9 Å². The zero-order valence-corrected chi connectivity index (χ0v) is 17.8. The number of nitrogens with zero attached hydrogens (tertiary/aromatic N) is 1. The highest BCUT2D eigenvalue weighted by Gasteiger charge is 2.20. The van der Waals surface area contributed by atoms with Crippen LogP contribution in [0.3, 0.4) is 0 Å². The summed E-state index contributed by atoms with van der Waals surface area (Å²) in [6, 6.07) is 7.45. The molecular weight excluding hydrogens is 366 g/mol. The molecule has 3 rings (SSSR count). The van der Waals surface area contributed by atoms with E-state index in [0.29, 0.717) is 36.0 Å². The lowest BCUT2D eigenvalue weighted by atomic mass is 9.96. The predicted molar refractivity (Wildman–Crippen MR) is 116 cm³/mol. The number of hydrogen-bond acceptors (Lipinski definition) is 4. The predicted octanol–water partition coefficient (Wildman–Crippen LogP) is 2.95. The molecule has 1 aromatic heterocycles. The maximum absolute atomic E-state index is 12.3. The van der Waals surface area contributed by atoms with Crippen molar-refractivity contribution < 1.29 is 9.53 Å². The fourth-order valence-electron chi connectivity index (χ4n) is 4.02. The van der Waals surface area contributed by atoms with Gasteiger partial charge in [-0.2, -0.15) is 0 Å². The number of ether oxygens (including phenoxy) is 1. The number of rotatable bonds is 8. The van der Waals surface area contributed by atoms with Crippen molar-refractivity contribution in [2.75, 3.05) is 33.3 Å². The number of aromatic nitrogens is 1. The second-order valence-electron chi connectivity index (χ2n) is 8.52. The molecule has 1 amide bonds. The monoisotopic (exact) mass is 399 g/mol. The number of aromatic amines is 1. The summed E-state index contributed by atoms with van der Waals surface area (Å²) in [4.78, 5) is 30.0. The molecule has 1 aliphatic heterocycles.